The fourth-order valence-electron chi connectivity index (χ4n) is 2.03. The molecule has 1 rings (SSSR count). The van der Waals surface area contributed by atoms with Gasteiger partial charge in [-0.15, -0.1) is 0 Å². The summed E-state index contributed by atoms with van der Waals surface area (Å²) in [5, 5.41) is 13.9. The maximum Gasteiger partial charge on any atom is 0.316 e. The molecule has 1 heterocycles. The molecule has 0 atom stereocenters. The third-order valence-corrected chi connectivity index (χ3v) is 4.10. The van der Waals surface area contributed by atoms with E-state index in [2.05, 4.69) is 26.2 Å². The Balaban J connectivity index is 3.28. The largest absolute Gasteiger partial charge is 0.316 e. The number of nitro groups is 1. The van der Waals surface area contributed by atoms with Crippen molar-refractivity contribution in [1.82, 2.24) is 4.98 Å². The number of aromatic nitrogens is 1. The molecule has 0 unspecified atom stereocenters. The molecule has 0 aliphatic carbocycles. The van der Waals surface area contributed by atoms with Crippen molar-refractivity contribution < 1.29 is 9.72 Å². The third kappa shape index (κ3) is 4.23. The summed E-state index contributed by atoms with van der Waals surface area (Å²) in [6.45, 7) is 5.74. The second kappa shape index (κ2) is 8.07. The van der Waals surface area contributed by atoms with Gasteiger partial charge in [0.1, 0.15) is 0 Å². The summed E-state index contributed by atoms with van der Waals surface area (Å²) < 4.78 is 0.658. The van der Waals surface area contributed by atoms with Crippen molar-refractivity contribution in [1.29, 1.82) is 0 Å². The van der Waals surface area contributed by atoms with Crippen molar-refractivity contribution in [3.05, 3.63) is 25.8 Å². The molecule has 0 aliphatic heterocycles. The minimum Gasteiger partial charge on any atom is -0.305 e. The fourth-order valence-corrected chi connectivity index (χ4v) is 2.87. The van der Waals surface area contributed by atoms with Gasteiger partial charge in [0.15, 0.2) is 0 Å². The van der Waals surface area contributed by atoms with Crippen LogP contribution in [0.1, 0.15) is 51.3 Å². The molecule has 6 nitrogen and oxygen atoms in total. The third-order valence-electron chi connectivity index (χ3n) is 3.16. The summed E-state index contributed by atoms with van der Waals surface area (Å²) >= 11 is 3.38. The zero-order chi connectivity index (χ0) is 16.0. The first kappa shape index (κ1) is 17.6. The van der Waals surface area contributed by atoms with Gasteiger partial charge in [0.25, 0.3) is 0 Å². The van der Waals surface area contributed by atoms with Crippen LogP contribution in [0, 0.1) is 10.1 Å². The first-order valence-electron chi connectivity index (χ1n) is 7.11. The number of carbonyl (C=O) groups is 1. The molecular formula is C14H20BrN3O3. The van der Waals surface area contributed by atoms with Crippen molar-refractivity contribution in [2.24, 2.45) is 0 Å². The molecule has 0 aromatic carbocycles. The van der Waals surface area contributed by atoms with Crippen LogP contribution in [0.25, 0.3) is 0 Å². The van der Waals surface area contributed by atoms with Gasteiger partial charge in [0.2, 0.25) is 11.7 Å². The Bertz CT molecular complexity index is 547. The van der Waals surface area contributed by atoms with Gasteiger partial charge in [-0.1, -0.05) is 27.2 Å². The Kier molecular flexibility index (Phi) is 6.74. The molecule has 0 fully saturated rings. The quantitative estimate of drug-likeness (QED) is 0.590. The summed E-state index contributed by atoms with van der Waals surface area (Å²) in [4.78, 5) is 27.0. The lowest BCUT2D eigenvalue weighted by Gasteiger charge is -2.12. The van der Waals surface area contributed by atoms with E-state index in [9.17, 15) is 14.9 Å². The van der Waals surface area contributed by atoms with Crippen LogP contribution in [0.4, 0.5) is 11.5 Å². The summed E-state index contributed by atoms with van der Waals surface area (Å²) in [5.74, 6) is -0.183. The lowest BCUT2D eigenvalue weighted by atomic mass is 10.1. The maximum absolute atomic E-state index is 11.8. The number of amides is 1. The normalized spacial score (nSPS) is 10.5. The molecule has 1 N–H and O–H groups in total. The first-order chi connectivity index (χ1) is 9.96. The number of anilines is 1. The predicted octanol–water partition coefficient (Wildman–Crippen LogP) is 4.01. The van der Waals surface area contributed by atoms with Crippen molar-refractivity contribution in [3.8, 4) is 0 Å². The SMILES string of the molecule is CCCCC(=O)Nc1nc(CC)c(Br)c(CC)c1[N+](=O)[O-]. The van der Waals surface area contributed by atoms with Crippen LogP contribution in [-0.2, 0) is 17.6 Å². The van der Waals surface area contributed by atoms with Gasteiger partial charge in [-0.25, -0.2) is 4.98 Å². The molecule has 0 aliphatic rings. The van der Waals surface area contributed by atoms with E-state index in [1.54, 1.807) is 0 Å². The Morgan fingerprint density at radius 1 is 1.33 bits per heavy atom. The van der Waals surface area contributed by atoms with Gasteiger partial charge in [-0.3, -0.25) is 14.9 Å². The lowest BCUT2D eigenvalue weighted by Crippen LogP contribution is -2.16. The minimum absolute atomic E-state index is 0.0537. The van der Waals surface area contributed by atoms with Crippen LogP contribution < -0.4 is 5.32 Å². The number of carbonyl (C=O) groups excluding carboxylic acids is 1. The van der Waals surface area contributed by atoms with Gasteiger partial charge in [-0.05, 0) is 35.2 Å². The topological polar surface area (TPSA) is 85.1 Å². The summed E-state index contributed by atoms with van der Waals surface area (Å²) in [7, 11) is 0. The molecule has 0 radical (unpaired) electrons. The molecule has 1 aromatic rings. The van der Waals surface area contributed by atoms with E-state index in [0.29, 0.717) is 35.0 Å². The standard InChI is InChI=1S/C14H20BrN3O3/c1-4-7-8-11(19)17-14-13(18(20)21)9(5-2)12(15)10(6-3)16-14/h4-8H2,1-3H3,(H,16,17,19). The number of nitrogens with one attached hydrogen (secondary N) is 1. The smallest absolute Gasteiger partial charge is 0.305 e. The summed E-state index contributed by atoms with van der Waals surface area (Å²) in [6.07, 6.45) is 3.10. The fraction of sp³-hybridized carbons (Fsp3) is 0.571. The zero-order valence-corrected chi connectivity index (χ0v) is 14.1. The van der Waals surface area contributed by atoms with Crippen molar-refractivity contribution >= 4 is 33.3 Å². The molecule has 1 aromatic heterocycles. The number of pyridine rings is 1. The molecule has 116 valence electrons. The number of hydrogen-bond donors (Lipinski definition) is 1. The van der Waals surface area contributed by atoms with Gasteiger partial charge < -0.3 is 5.32 Å². The van der Waals surface area contributed by atoms with E-state index in [1.807, 2.05) is 20.8 Å². The monoisotopic (exact) mass is 357 g/mol. The van der Waals surface area contributed by atoms with Gasteiger partial charge in [0.05, 0.1) is 10.6 Å². The summed E-state index contributed by atoms with van der Waals surface area (Å²) in [6, 6.07) is 0. The zero-order valence-electron chi connectivity index (χ0n) is 12.5. The molecule has 21 heavy (non-hydrogen) atoms. The number of unbranched alkanes of at least 4 members (excludes halogenated alkanes) is 1. The Morgan fingerprint density at radius 3 is 2.48 bits per heavy atom. The number of rotatable bonds is 7. The van der Waals surface area contributed by atoms with E-state index in [1.165, 1.54) is 0 Å². The number of hydrogen-bond acceptors (Lipinski definition) is 4. The Labute approximate surface area is 132 Å². The highest BCUT2D eigenvalue weighted by Crippen LogP contribution is 2.35. The van der Waals surface area contributed by atoms with Crippen LogP contribution >= 0.6 is 15.9 Å². The van der Waals surface area contributed by atoms with Gasteiger partial charge >= 0.3 is 5.69 Å². The number of nitrogens with zero attached hydrogens (tertiary/aromatic N) is 2. The number of halogens is 1. The van der Waals surface area contributed by atoms with Crippen LogP contribution in [0.15, 0.2) is 4.47 Å². The number of aryl methyl sites for hydroxylation is 1. The second-order valence-corrected chi connectivity index (χ2v) is 5.46. The van der Waals surface area contributed by atoms with Crippen molar-refractivity contribution in [2.45, 2.75) is 52.9 Å². The maximum atomic E-state index is 11.8. The van der Waals surface area contributed by atoms with Gasteiger partial charge in [-0.2, -0.15) is 0 Å². The van der Waals surface area contributed by atoms with Gasteiger partial charge in [0, 0.05) is 16.5 Å². The van der Waals surface area contributed by atoms with E-state index in [4.69, 9.17) is 0 Å². The highest BCUT2D eigenvalue weighted by Gasteiger charge is 2.26. The summed E-state index contributed by atoms with van der Waals surface area (Å²) in [5.41, 5.74) is 1.16. The highest BCUT2D eigenvalue weighted by molar-refractivity contribution is 9.10. The molecular weight excluding hydrogens is 338 g/mol. The average molecular weight is 358 g/mol. The molecule has 7 heteroatoms. The van der Waals surface area contributed by atoms with Crippen LogP contribution in [0.3, 0.4) is 0 Å². The lowest BCUT2D eigenvalue weighted by molar-refractivity contribution is -0.384. The van der Waals surface area contributed by atoms with Crippen LogP contribution in [0.5, 0.6) is 0 Å². The van der Waals surface area contributed by atoms with E-state index in [-0.39, 0.29) is 17.4 Å². The second-order valence-electron chi connectivity index (χ2n) is 4.66. The van der Waals surface area contributed by atoms with E-state index >= 15 is 0 Å². The van der Waals surface area contributed by atoms with E-state index in [0.717, 1.165) is 12.8 Å². The average Bonchev–Trinajstić information content (AvgIpc) is 2.45. The molecule has 1 amide bonds. The Hall–Kier alpha value is -1.50. The van der Waals surface area contributed by atoms with Crippen molar-refractivity contribution in [3.63, 3.8) is 0 Å². The minimum atomic E-state index is -0.481. The Morgan fingerprint density at radius 2 is 2.00 bits per heavy atom. The predicted molar refractivity (Wildman–Crippen MR) is 85.5 cm³/mol. The first-order valence-corrected chi connectivity index (χ1v) is 7.90. The van der Waals surface area contributed by atoms with Crippen LogP contribution in [0.2, 0.25) is 0 Å². The van der Waals surface area contributed by atoms with Crippen LogP contribution in [-0.4, -0.2) is 15.8 Å². The molecule has 0 saturated heterocycles. The highest BCUT2D eigenvalue weighted by atomic mass is 79.9. The molecule has 0 saturated carbocycles. The molecule has 0 bridgehead atoms. The van der Waals surface area contributed by atoms with Crippen molar-refractivity contribution in [2.75, 3.05) is 5.32 Å². The van der Waals surface area contributed by atoms with E-state index < -0.39 is 4.92 Å². The molecule has 0 spiro atoms.